The average molecular weight is 560 g/mol. The van der Waals surface area contributed by atoms with Crippen molar-refractivity contribution in [3.63, 3.8) is 0 Å². The number of carbonyl (C=O) groups excluding carboxylic acids is 3. The fraction of sp³-hybridized carbons (Fsp3) is 0.483. The molecule has 4 N–H and O–H groups in total. The number of hydrogen-bond donors (Lipinski definition) is 3. The number of nitrogens with one attached hydrogen (secondary N) is 2. The summed E-state index contributed by atoms with van der Waals surface area (Å²) in [5.41, 5.74) is 8.33. The number of alkyl halides is 2. The van der Waals surface area contributed by atoms with Crippen molar-refractivity contribution in [3.8, 4) is 0 Å². The number of rotatable bonds is 14. The van der Waals surface area contributed by atoms with Crippen LogP contribution in [0.1, 0.15) is 65.5 Å². The van der Waals surface area contributed by atoms with Gasteiger partial charge in [0, 0.05) is 41.3 Å². The average Bonchev–Trinajstić information content (AvgIpc) is 3.50. The zero-order valence-corrected chi connectivity index (χ0v) is 23.9. The summed E-state index contributed by atoms with van der Waals surface area (Å²) >= 11 is 0. The zero-order chi connectivity index (χ0) is 30.2. The number of esters is 1. The van der Waals surface area contributed by atoms with Crippen LogP contribution >= 0.6 is 0 Å². The van der Waals surface area contributed by atoms with Crippen LogP contribution in [0.15, 0.2) is 59.1 Å². The Bertz CT molecular complexity index is 1230. The van der Waals surface area contributed by atoms with Crippen LogP contribution < -0.4 is 16.4 Å². The molecule has 0 spiro atoms. The van der Waals surface area contributed by atoms with Gasteiger partial charge in [0.2, 0.25) is 11.9 Å². The van der Waals surface area contributed by atoms with Crippen LogP contribution in [0.3, 0.4) is 0 Å². The first kappa shape index (κ1) is 32.3. The van der Waals surface area contributed by atoms with Crippen LogP contribution in [0.2, 0.25) is 0 Å². The van der Waals surface area contributed by atoms with Crippen LogP contribution in [0, 0.1) is 11.8 Å². The predicted octanol–water partition coefficient (Wildman–Crippen LogP) is 4.56. The van der Waals surface area contributed by atoms with E-state index in [-0.39, 0.29) is 23.6 Å². The molecule has 0 aromatic carbocycles. The molecule has 1 amide bonds. The minimum absolute atomic E-state index is 0.0832. The van der Waals surface area contributed by atoms with Crippen LogP contribution in [0.25, 0.3) is 0 Å². The lowest BCUT2D eigenvalue weighted by atomic mass is 9.97. The summed E-state index contributed by atoms with van der Waals surface area (Å²) < 4.78 is 32.4. The van der Waals surface area contributed by atoms with Gasteiger partial charge in [0.25, 0.3) is 5.92 Å². The molecule has 0 radical (unpaired) electrons. The van der Waals surface area contributed by atoms with Crippen molar-refractivity contribution in [3.05, 3.63) is 64.8 Å². The molecule has 3 unspecified atom stereocenters. The lowest BCUT2D eigenvalue weighted by Gasteiger charge is -2.15. The molecule has 1 heterocycles. The second-order valence-corrected chi connectivity index (χ2v) is 9.90. The summed E-state index contributed by atoms with van der Waals surface area (Å²) in [6.07, 6.45) is 7.51. The minimum Gasteiger partial charge on any atom is -0.469 e. The molecule has 1 aromatic heterocycles. The Morgan fingerprint density at radius 3 is 2.42 bits per heavy atom. The molecule has 1 aliphatic carbocycles. The Kier molecular flexibility index (Phi) is 11.3. The molecule has 2 rings (SSSR count). The quantitative estimate of drug-likeness (QED) is 0.171. The van der Waals surface area contributed by atoms with E-state index < -0.39 is 29.6 Å². The van der Waals surface area contributed by atoms with Gasteiger partial charge < -0.3 is 21.1 Å². The maximum absolute atomic E-state index is 14.0. The van der Waals surface area contributed by atoms with Crippen molar-refractivity contribution < 1.29 is 27.9 Å². The summed E-state index contributed by atoms with van der Waals surface area (Å²) in [5.74, 6) is -9.02. The highest BCUT2D eigenvalue weighted by Crippen LogP contribution is 2.56. The van der Waals surface area contributed by atoms with Crippen LogP contribution in [0.5, 0.6) is 0 Å². The third kappa shape index (κ3) is 7.83. The van der Waals surface area contributed by atoms with Crippen molar-refractivity contribution in [2.75, 3.05) is 19.0 Å². The standard InChI is InChI=1S/C29H39F2N5O4/c1-8-10-19(9-2)22-13-14-33-28(36-22)34-15-20(18(6)32)25(37)17(5)11-12-21(16(3)4)35-26(38)23-24(27(39)40-7)29(23,30)31/h11-14,19,23-24H,3,8-10,15,32H2,1-2,4-7H3,(H,35,38)(H,33,34,36)/b17-11+,20-18-,21-12+. The summed E-state index contributed by atoms with van der Waals surface area (Å²) in [7, 11) is 0.982. The van der Waals surface area contributed by atoms with E-state index in [1.54, 1.807) is 27.0 Å². The molecule has 0 saturated heterocycles. The molecule has 40 heavy (non-hydrogen) atoms. The SMILES string of the molecule is C=C(C)/C(=C\C=C(/C)C(=O)/C(CNc1nccc(C(CC)CCC)n1)=C(/C)N)NC(=O)C1C(C(=O)OC)C1(F)F. The number of ketones is 1. The molecule has 218 valence electrons. The molecule has 1 saturated carbocycles. The van der Waals surface area contributed by atoms with Gasteiger partial charge in [0.1, 0.15) is 11.8 Å². The van der Waals surface area contributed by atoms with Crippen molar-refractivity contribution in [2.24, 2.45) is 17.6 Å². The maximum atomic E-state index is 14.0. The summed E-state index contributed by atoms with van der Waals surface area (Å²) in [4.78, 5) is 46.1. The third-order valence-electron chi connectivity index (χ3n) is 6.77. The van der Waals surface area contributed by atoms with Crippen molar-refractivity contribution in [1.29, 1.82) is 0 Å². The number of anilines is 1. The number of carbonyl (C=O) groups is 3. The van der Waals surface area contributed by atoms with Crippen LogP contribution in [0.4, 0.5) is 14.7 Å². The first-order valence-electron chi connectivity index (χ1n) is 13.2. The summed E-state index contributed by atoms with van der Waals surface area (Å²) in [5, 5.41) is 5.45. The van der Waals surface area contributed by atoms with Gasteiger partial charge in [-0.05, 0) is 56.9 Å². The number of methoxy groups -OCH3 is 1. The van der Waals surface area contributed by atoms with E-state index in [0.717, 1.165) is 32.1 Å². The van der Waals surface area contributed by atoms with E-state index >= 15 is 0 Å². The Labute approximate surface area is 234 Å². The van der Waals surface area contributed by atoms with E-state index in [4.69, 9.17) is 5.73 Å². The molecule has 3 atom stereocenters. The highest BCUT2D eigenvalue weighted by Gasteiger charge is 2.76. The summed E-state index contributed by atoms with van der Waals surface area (Å²) in [6, 6.07) is 1.89. The summed E-state index contributed by atoms with van der Waals surface area (Å²) in [6.45, 7) is 12.8. The molecule has 0 bridgehead atoms. The molecule has 1 fully saturated rings. The van der Waals surface area contributed by atoms with E-state index in [1.165, 1.54) is 12.2 Å². The number of ether oxygens (including phenoxy) is 1. The van der Waals surface area contributed by atoms with Gasteiger partial charge >= 0.3 is 5.97 Å². The van der Waals surface area contributed by atoms with E-state index in [2.05, 4.69) is 45.8 Å². The second-order valence-electron chi connectivity index (χ2n) is 9.90. The number of halogens is 2. The van der Waals surface area contributed by atoms with E-state index in [0.29, 0.717) is 28.7 Å². The van der Waals surface area contributed by atoms with Crippen LogP contribution in [-0.2, 0) is 19.1 Å². The second kappa shape index (κ2) is 14.0. The number of nitrogens with two attached hydrogens (primary N) is 1. The van der Waals surface area contributed by atoms with Gasteiger partial charge in [0.15, 0.2) is 5.78 Å². The van der Waals surface area contributed by atoms with Gasteiger partial charge in [-0.25, -0.2) is 18.7 Å². The van der Waals surface area contributed by atoms with Crippen molar-refractivity contribution >= 4 is 23.6 Å². The molecule has 9 nitrogen and oxygen atoms in total. The first-order valence-corrected chi connectivity index (χ1v) is 13.2. The van der Waals surface area contributed by atoms with Gasteiger partial charge in [0.05, 0.1) is 7.11 Å². The first-order chi connectivity index (χ1) is 18.8. The van der Waals surface area contributed by atoms with Crippen molar-refractivity contribution in [2.45, 2.75) is 65.7 Å². The smallest absolute Gasteiger partial charge is 0.315 e. The van der Waals surface area contributed by atoms with E-state index in [1.807, 2.05) is 6.07 Å². The van der Waals surface area contributed by atoms with E-state index in [9.17, 15) is 23.2 Å². The van der Waals surface area contributed by atoms with Crippen molar-refractivity contribution in [1.82, 2.24) is 15.3 Å². The number of nitrogens with zero attached hydrogens (tertiary/aromatic N) is 2. The topological polar surface area (TPSA) is 136 Å². The lowest BCUT2D eigenvalue weighted by molar-refractivity contribution is -0.145. The Balaban J connectivity index is 2.16. The fourth-order valence-electron chi connectivity index (χ4n) is 4.26. The molecule has 1 aliphatic rings. The zero-order valence-electron chi connectivity index (χ0n) is 23.9. The number of hydrogen-bond acceptors (Lipinski definition) is 8. The third-order valence-corrected chi connectivity index (χ3v) is 6.77. The normalized spacial score (nSPS) is 19.7. The highest BCUT2D eigenvalue weighted by atomic mass is 19.3. The van der Waals surface area contributed by atoms with Gasteiger partial charge in [-0.2, -0.15) is 0 Å². The molecular formula is C29H39F2N5O4. The fourth-order valence-corrected chi connectivity index (χ4v) is 4.26. The molecular weight excluding hydrogens is 520 g/mol. The largest absolute Gasteiger partial charge is 0.469 e. The molecule has 11 heteroatoms. The number of Topliss-reactive ketones (excluding diaryl/α,β-unsaturated/α-hetero) is 1. The minimum atomic E-state index is -3.50. The maximum Gasteiger partial charge on any atom is 0.315 e. The van der Waals surface area contributed by atoms with Gasteiger partial charge in [-0.3, -0.25) is 14.4 Å². The number of aromatic nitrogens is 2. The van der Waals surface area contributed by atoms with Crippen LogP contribution in [-0.4, -0.2) is 47.2 Å². The lowest BCUT2D eigenvalue weighted by Crippen LogP contribution is -2.27. The van der Waals surface area contributed by atoms with Gasteiger partial charge in [-0.1, -0.05) is 32.9 Å². The Hall–Kier alpha value is -3.89. The molecule has 0 aliphatic heterocycles. The number of allylic oxidation sites excluding steroid dienone is 5. The predicted molar refractivity (Wildman–Crippen MR) is 149 cm³/mol. The Morgan fingerprint density at radius 2 is 1.88 bits per heavy atom. The van der Waals surface area contributed by atoms with Gasteiger partial charge in [-0.15, -0.1) is 0 Å². The Morgan fingerprint density at radius 1 is 1.20 bits per heavy atom. The monoisotopic (exact) mass is 559 g/mol. The highest BCUT2D eigenvalue weighted by molar-refractivity contribution is 6.09. The molecule has 1 aromatic rings. The number of amides is 1.